The molecular formula is C25H19N3O4. The van der Waals surface area contributed by atoms with Gasteiger partial charge < -0.3 is 14.0 Å². The van der Waals surface area contributed by atoms with E-state index >= 15 is 0 Å². The van der Waals surface area contributed by atoms with E-state index in [2.05, 4.69) is 5.10 Å². The lowest BCUT2D eigenvalue weighted by Gasteiger charge is -2.14. The molecule has 0 fully saturated rings. The van der Waals surface area contributed by atoms with Crippen LogP contribution in [0.5, 0.6) is 5.75 Å². The molecule has 2 aliphatic heterocycles. The second kappa shape index (κ2) is 7.70. The first-order valence-corrected chi connectivity index (χ1v) is 9.96. The van der Waals surface area contributed by atoms with E-state index in [1.54, 1.807) is 48.3 Å². The average Bonchev–Trinajstić information content (AvgIpc) is 3.19. The van der Waals surface area contributed by atoms with Crippen molar-refractivity contribution in [3.63, 3.8) is 0 Å². The summed E-state index contributed by atoms with van der Waals surface area (Å²) in [5, 5.41) is 6.49. The Balaban J connectivity index is 1.78. The largest absolute Gasteiger partial charge is 0.497 e. The predicted molar refractivity (Wildman–Crippen MR) is 121 cm³/mol. The van der Waals surface area contributed by atoms with E-state index in [9.17, 15) is 9.59 Å². The molecule has 5 rings (SSSR count). The van der Waals surface area contributed by atoms with E-state index in [0.717, 1.165) is 16.5 Å². The zero-order valence-electron chi connectivity index (χ0n) is 17.5. The van der Waals surface area contributed by atoms with Gasteiger partial charge in [0, 0.05) is 17.8 Å². The van der Waals surface area contributed by atoms with Gasteiger partial charge in [-0.2, -0.15) is 9.78 Å². The van der Waals surface area contributed by atoms with Crippen LogP contribution in [0.3, 0.4) is 0 Å². The van der Waals surface area contributed by atoms with Crippen molar-refractivity contribution >= 4 is 16.7 Å². The minimum Gasteiger partial charge on any atom is -0.497 e. The molecule has 0 radical (unpaired) electrons. The van der Waals surface area contributed by atoms with Gasteiger partial charge >= 0.3 is 5.97 Å². The average molecular weight is 425 g/mol. The Morgan fingerprint density at radius 3 is 2.41 bits per heavy atom. The van der Waals surface area contributed by atoms with Crippen molar-refractivity contribution in [2.75, 3.05) is 14.2 Å². The highest BCUT2D eigenvalue weighted by atomic mass is 16.5. The lowest BCUT2D eigenvalue weighted by molar-refractivity contribution is 0.0600. The number of benzene rings is 3. The molecule has 0 bridgehead atoms. The third kappa shape index (κ3) is 3.11. The zero-order valence-corrected chi connectivity index (χ0v) is 17.5. The predicted octanol–water partition coefficient (Wildman–Crippen LogP) is 4.08. The summed E-state index contributed by atoms with van der Waals surface area (Å²) in [4.78, 5) is 25.9. The molecule has 0 amide bonds. The summed E-state index contributed by atoms with van der Waals surface area (Å²) in [7, 11) is 2.88. The van der Waals surface area contributed by atoms with Gasteiger partial charge in [0.2, 0.25) is 0 Å². The van der Waals surface area contributed by atoms with Crippen molar-refractivity contribution < 1.29 is 14.3 Å². The molecule has 0 saturated carbocycles. The number of methoxy groups -OCH3 is 2. The summed E-state index contributed by atoms with van der Waals surface area (Å²) >= 11 is 0. The van der Waals surface area contributed by atoms with Gasteiger partial charge in [-0.3, -0.25) is 4.79 Å². The molecule has 3 aromatic rings. The van der Waals surface area contributed by atoms with Crippen molar-refractivity contribution in [1.29, 1.82) is 0 Å². The standard InChI is InChI=1S/C25H19N3O4/c1-31-18-12-10-17(11-13-18)28-24(29)20-14-27(15-21(23(20)26-28)25(30)32-2)22-9-5-7-16-6-3-4-8-19(16)22/h3-15H,1-2H3. The van der Waals surface area contributed by atoms with Crippen LogP contribution < -0.4 is 10.3 Å². The van der Waals surface area contributed by atoms with Crippen LogP contribution in [0.2, 0.25) is 0 Å². The third-order valence-corrected chi connectivity index (χ3v) is 5.44. The monoisotopic (exact) mass is 425 g/mol. The van der Waals surface area contributed by atoms with E-state index in [0.29, 0.717) is 17.0 Å². The lowest BCUT2D eigenvalue weighted by Crippen LogP contribution is -2.15. The number of hydrogen-bond acceptors (Lipinski definition) is 5. The highest BCUT2D eigenvalue weighted by Gasteiger charge is 2.25. The number of ether oxygens (including phenoxy) is 2. The van der Waals surface area contributed by atoms with Crippen molar-refractivity contribution in [3.05, 3.63) is 95.0 Å². The lowest BCUT2D eigenvalue weighted by atomic mass is 10.1. The molecule has 7 nitrogen and oxygen atoms in total. The molecule has 0 aromatic heterocycles. The van der Waals surface area contributed by atoms with E-state index in [4.69, 9.17) is 9.47 Å². The third-order valence-electron chi connectivity index (χ3n) is 5.44. The highest BCUT2D eigenvalue weighted by molar-refractivity contribution is 5.97. The number of carbonyl (C=O) groups excluding carboxylic acids is 1. The maximum absolute atomic E-state index is 13.3. The fourth-order valence-electron chi connectivity index (χ4n) is 3.84. The minimum absolute atomic E-state index is 0.210. The van der Waals surface area contributed by atoms with Crippen LogP contribution in [0.4, 0.5) is 0 Å². The molecule has 3 aromatic carbocycles. The van der Waals surface area contributed by atoms with Gasteiger partial charge in [-0.1, -0.05) is 36.4 Å². The number of aromatic nitrogens is 3. The molecule has 7 heteroatoms. The normalized spacial score (nSPS) is 11.1. The fraction of sp³-hybridized carbons (Fsp3) is 0.0800. The van der Waals surface area contributed by atoms with Crippen LogP contribution in [0, 0.1) is 0 Å². The van der Waals surface area contributed by atoms with Gasteiger partial charge in [0.1, 0.15) is 17.0 Å². The van der Waals surface area contributed by atoms with Gasteiger partial charge in [0.15, 0.2) is 0 Å². The Morgan fingerprint density at radius 1 is 0.906 bits per heavy atom. The maximum atomic E-state index is 13.3. The number of pyridine rings is 1. The summed E-state index contributed by atoms with van der Waals surface area (Å²) in [6.45, 7) is 0. The van der Waals surface area contributed by atoms with Crippen molar-refractivity contribution in [2.45, 2.75) is 0 Å². The molecule has 32 heavy (non-hydrogen) atoms. The number of hydrogen-bond donors (Lipinski definition) is 0. The van der Waals surface area contributed by atoms with Crippen molar-refractivity contribution in [1.82, 2.24) is 14.3 Å². The number of carbonyl (C=O) groups is 1. The Kier molecular flexibility index (Phi) is 4.71. The first-order valence-electron chi connectivity index (χ1n) is 9.96. The Bertz CT molecular complexity index is 1480. The summed E-state index contributed by atoms with van der Waals surface area (Å²) in [5.74, 6) is 0.103. The van der Waals surface area contributed by atoms with E-state index in [-0.39, 0.29) is 16.8 Å². The first kappa shape index (κ1) is 19.6. The van der Waals surface area contributed by atoms with Crippen LogP contribution in [0.15, 0.2) is 83.9 Å². The van der Waals surface area contributed by atoms with Gasteiger partial charge in [-0.15, -0.1) is 0 Å². The molecule has 0 atom stereocenters. The molecule has 0 unspecified atom stereocenters. The smallest absolute Gasteiger partial charge is 0.341 e. The summed E-state index contributed by atoms with van der Waals surface area (Å²) in [6, 6.07) is 20.8. The number of esters is 1. The topological polar surface area (TPSA) is 75.3 Å². The fourth-order valence-corrected chi connectivity index (χ4v) is 3.84. The summed E-state index contributed by atoms with van der Waals surface area (Å²) < 4.78 is 13.2. The number of nitrogens with zero attached hydrogens (tertiary/aromatic N) is 3. The molecule has 0 aliphatic carbocycles. The maximum Gasteiger partial charge on any atom is 0.341 e. The van der Waals surface area contributed by atoms with Gasteiger partial charge in [-0.05, 0) is 35.7 Å². The van der Waals surface area contributed by atoms with Crippen LogP contribution >= 0.6 is 0 Å². The van der Waals surface area contributed by atoms with Crippen LogP contribution in [0.25, 0.3) is 33.4 Å². The van der Waals surface area contributed by atoms with E-state index < -0.39 is 5.97 Å². The molecular weight excluding hydrogens is 406 g/mol. The molecule has 0 N–H and O–H groups in total. The Hall–Kier alpha value is -4.39. The molecule has 0 spiro atoms. The van der Waals surface area contributed by atoms with Crippen LogP contribution in [-0.2, 0) is 4.74 Å². The summed E-state index contributed by atoms with van der Waals surface area (Å²) in [6.07, 6.45) is 3.36. The van der Waals surface area contributed by atoms with Crippen LogP contribution in [-0.4, -0.2) is 34.5 Å². The number of fused-ring (bicyclic) bond motifs is 2. The Morgan fingerprint density at radius 2 is 1.66 bits per heavy atom. The molecule has 2 aliphatic rings. The minimum atomic E-state index is -0.566. The quantitative estimate of drug-likeness (QED) is 0.406. The van der Waals surface area contributed by atoms with Gasteiger partial charge in [0.05, 0.1) is 31.2 Å². The molecule has 158 valence electrons. The summed E-state index contributed by atoms with van der Waals surface area (Å²) in [5.41, 5.74) is 1.89. The Labute approximate surface area is 183 Å². The number of rotatable bonds is 4. The van der Waals surface area contributed by atoms with Crippen LogP contribution in [0.1, 0.15) is 10.4 Å². The second-order valence-corrected chi connectivity index (χ2v) is 7.25. The zero-order chi connectivity index (χ0) is 22.2. The van der Waals surface area contributed by atoms with Crippen molar-refractivity contribution in [2.24, 2.45) is 0 Å². The first-order chi connectivity index (χ1) is 15.6. The highest BCUT2D eigenvalue weighted by Crippen LogP contribution is 2.28. The van der Waals surface area contributed by atoms with Gasteiger partial charge in [-0.25, -0.2) is 4.79 Å². The van der Waals surface area contributed by atoms with E-state index in [1.807, 2.05) is 42.5 Å². The SMILES string of the molecule is COC(=O)c1cn(-c2cccc3ccccc23)cc2c(=O)n(-c3ccc(OC)cc3)nc1-2. The second-order valence-electron chi connectivity index (χ2n) is 7.25. The van der Waals surface area contributed by atoms with E-state index in [1.165, 1.54) is 11.8 Å². The van der Waals surface area contributed by atoms with Crippen molar-refractivity contribution in [3.8, 4) is 28.4 Å². The van der Waals surface area contributed by atoms with Gasteiger partial charge in [0.25, 0.3) is 5.56 Å². The molecule has 0 saturated heterocycles. The molecule has 2 heterocycles.